The summed E-state index contributed by atoms with van der Waals surface area (Å²) in [5.74, 6) is 0.0621. The first-order chi connectivity index (χ1) is 16.2. The predicted octanol–water partition coefficient (Wildman–Crippen LogP) is 5.17. The summed E-state index contributed by atoms with van der Waals surface area (Å²) in [5.41, 5.74) is 5.69. The van der Waals surface area contributed by atoms with Crippen LogP contribution in [-0.2, 0) is 19.5 Å². The third-order valence-corrected chi connectivity index (χ3v) is 5.36. The largest absolute Gasteiger partial charge is 0.334 e. The number of carbonyl (C=O) groups excluding carboxylic acids is 2. The van der Waals surface area contributed by atoms with E-state index in [0.29, 0.717) is 25.1 Å². The second kappa shape index (κ2) is 10.9. The van der Waals surface area contributed by atoms with Crippen molar-refractivity contribution in [3.8, 4) is 11.1 Å². The minimum Gasteiger partial charge on any atom is -0.334 e. The average Bonchev–Trinajstić information content (AvgIpc) is 2.88. The van der Waals surface area contributed by atoms with Crippen molar-refractivity contribution < 1.29 is 9.59 Å². The zero-order valence-corrected chi connectivity index (χ0v) is 18.2. The van der Waals surface area contributed by atoms with Crippen LogP contribution >= 0.6 is 0 Å². The van der Waals surface area contributed by atoms with Crippen molar-refractivity contribution in [1.82, 2.24) is 15.6 Å². The molecule has 0 saturated heterocycles. The standard InChI is InChI=1S/C28H25N3O2/c32-27(17-25-10-4-5-11-26(25)23-8-2-1-3-9-23)24-14-12-21(13-15-24)19-30-28(33)31-20-22-7-6-16-29-18-22/h1-16,18H,17,19-20H2,(H2,30,31,33). The molecule has 33 heavy (non-hydrogen) atoms. The van der Waals surface area contributed by atoms with Gasteiger partial charge in [0.25, 0.3) is 0 Å². The lowest BCUT2D eigenvalue weighted by Crippen LogP contribution is -2.34. The lowest BCUT2D eigenvalue weighted by molar-refractivity contribution is 0.0993. The number of pyridine rings is 1. The summed E-state index contributed by atoms with van der Waals surface area (Å²) in [6.45, 7) is 0.793. The van der Waals surface area contributed by atoms with E-state index < -0.39 is 0 Å². The second-order valence-corrected chi connectivity index (χ2v) is 7.72. The topological polar surface area (TPSA) is 71.1 Å². The van der Waals surface area contributed by atoms with Gasteiger partial charge in [-0.15, -0.1) is 0 Å². The van der Waals surface area contributed by atoms with Crippen molar-refractivity contribution in [2.24, 2.45) is 0 Å². The Labute approximate surface area is 193 Å². The van der Waals surface area contributed by atoms with Gasteiger partial charge < -0.3 is 10.6 Å². The number of hydrogen-bond donors (Lipinski definition) is 2. The summed E-state index contributed by atoms with van der Waals surface area (Å²) in [7, 11) is 0. The van der Waals surface area contributed by atoms with E-state index >= 15 is 0 Å². The lowest BCUT2D eigenvalue weighted by atomic mass is 9.94. The highest BCUT2D eigenvalue weighted by atomic mass is 16.2. The third kappa shape index (κ3) is 6.14. The Morgan fingerprint density at radius 1 is 0.697 bits per heavy atom. The Morgan fingerprint density at radius 2 is 1.39 bits per heavy atom. The maximum absolute atomic E-state index is 12.9. The first-order valence-electron chi connectivity index (χ1n) is 10.8. The van der Waals surface area contributed by atoms with E-state index in [-0.39, 0.29) is 11.8 Å². The number of nitrogens with zero attached hydrogens (tertiary/aromatic N) is 1. The molecular formula is C28H25N3O2. The van der Waals surface area contributed by atoms with Crippen LogP contribution in [0, 0.1) is 0 Å². The molecule has 0 aliphatic rings. The maximum Gasteiger partial charge on any atom is 0.315 e. The molecule has 4 aromatic rings. The van der Waals surface area contributed by atoms with Crippen LogP contribution in [0.1, 0.15) is 27.0 Å². The number of nitrogens with one attached hydrogen (secondary N) is 2. The number of urea groups is 1. The fourth-order valence-electron chi connectivity index (χ4n) is 3.59. The number of rotatable bonds is 8. The Hall–Kier alpha value is -4.25. The Balaban J connectivity index is 1.32. The number of hydrogen-bond acceptors (Lipinski definition) is 3. The predicted molar refractivity (Wildman–Crippen MR) is 130 cm³/mol. The van der Waals surface area contributed by atoms with Gasteiger partial charge in [-0.05, 0) is 33.9 Å². The molecule has 0 unspecified atom stereocenters. The fraction of sp³-hybridized carbons (Fsp3) is 0.107. The van der Waals surface area contributed by atoms with Crippen LogP contribution in [0.5, 0.6) is 0 Å². The number of ketones is 1. The molecule has 0 saturated carbocycles. The monoisotopic (exact) mass is 435 g/mol. The van der Waals surface area contributed by atoms with E-state index in [1.165, 1.54) is 0 Å². The van der Waals surface area contributed by atoms with Gasteiger partial charge in [0, 0.05) is 37.5 Å². The molecule has 0 bridgehead atoms. The van der Waals surface area contributed by atoms with Gasteiger partial charge in [-0.25, -0.2) is 4.79 Å². The van der Waals surface area contributed by atoms with E-state index in [1.54, 1.807) is 12.4 Å². The van der Waals surface area contributed by atoms with E-state index in [9.17, 15) is 9.59 Å². The van der Waals surface area contributed by atoms with Crippen molar-refractivity contribution >= 4 is 11.8 Å². The van der Waals surface area contributed by atoms with E-state index in [1.807, 2.05) is 78.9 Å². The molecule has 0 spiro atoms. The van der Waals surface area contributed by atoms with E-state index in [4.69, 9.17) is 0 Å². The van der Waals surface area contributed by atoms with Gasteiger partial charge >= 0.3 is 6.03 Å². The number of amides is 2. The fourth-order valence-corrected chi connectivity index (χ4v) is 3.59. The van der Waals surface area contributed by atoms with Crippen molar-refractivity contribution in [2.45, 2.75) is 19.5 Å². The Bertz CT molecular complexity index is 1210. The highest BCUT2D eigenvalue weighted by molar-refractivity contribution is 5.98. The molecule has 2 N–H and O–H groups in total. The average molecular weight is 436 g/mol. The number of Topliss-reactive ketones (excluding diaryl/α,β-unsaturated/α-hetero) is 1. The van der Waals surface area contributed by atoms with Gasteiger partial charge in [0.05, 0.1) is 0 Å². The van der Waals surface area contributed by atoms with E-state index in [0.717, 1.165) is 27.8 Å². The molecule has 0 fully saturated rings. The zero-order chi connectivity index (χ0) is 22.9. The van der Waals surface area contributed by atoms with Crippen LogP contribution in [0.4, 0.5) is 4.79 Å². The maximum atomic E-state index is 12.9. The molecule has 5 nitrogen and oxygen atoms in total. The van der Waals surface area contributed by atoms with Crippen LogP contribution in [0.15, 0.2) is 103 Å². The minimum absolute atomic E-state index is 0.0621. The summed E-state index contributed by atoms with van der Waals surface area (Å²) in [6.07, 6.45) is 3.74. The summed E-state index contributed by atoms with van der Waals surface area (Å²) < 4.78 is 0. The normalized spacial score (nSPS) is 10.4. The molecule has 4 rings (SSSR count). The minimum atomic E-state index is -0.253. The highest BCUT2D eigenvalue weighted by Gasteiger charge is 2.11. The molecule has 0 radical (unpaired) electrons. The molecular weight excluding hydrogens is 410 g/mol. The van der Waals surface area contributed by atoms with Gasteiger partial charge in [-0.2, -0.15) is 0 Å². The molecule has 2 amide bonds. The molecule has 0 atom stereocenters. The number of carbonyl (C=O) groups is 2. The van der Waals surface area contributed by atoms with Gasteiger partial charge in [0.2, 0.25) is 0 Å². The molecule has 1 heterocycles. The Kier molecular flexibility index (Phi) is 7.23. The van der Waals surface area contributed by atoms with Crippen LogP contribution in [0.2, 0.25) is 0 Å². The highest BCUT2D eigenvalue weighted by Crippen LogP contribution is 2.24. The second-order valence-electron chi connectivity index (χ2n) is 7.72. The van der Waals surface area contributed by atoms with Gasteiger partial charge in [0.1, 0.15) is 0 Å². The number of benzene rings is 3. The smallest absolute Gasteiger partial charge is 0.315 e. The molecule has 5 heteroatoms. The van der Waals surface area contributed by atoms with Crippen molar-refractivity contribution in [3.63, 3.8) is 0 Å². The first kappa shape index (κ1) is 22.0. The van der Waals surface area contributed by atoms with Crippen LogP contribution in [0.3, 0.4) is 0 Å². The molecule has 3 aromatic carbocycles. The SMILES string of the molecule is O=C(NCc1ccc(C(=O)Cc2ccccc2-c2ccccc2)cc1)NCc1cccnc1. The van der Waals surface area contributed by atoms with E-state index in [2.05, 4.69) is 27.8 Å². The van der Waals surface area contributed by atoms with Gasteiger partial charge in [-0.1, -0.05) is 84.9 Å². The quantitative estimate of drug-likeness (QED) is 0.375. The lowest BCUT2D eigenvalue weighted by Gasteiger charge is -2.10. The van der Waals surface area contributed by atoms with Crippen molar-refractivity contribution in [3.05, 3.63) is 126 Å². The van der Waals surface area contributed by atoms with Crippen molar-refractivity contribution in [2.75, 3.05) is 0 Å². The summed E-state index contributed by atoms with van der Waals surface area (Å²) >= 11 is 0. The number of aromatic nitrogens is 1. The molecule has 1 aromatic heterocycles. The van der Waals surface area contributed by atoms with Gasteiger partial charge in [0.15, 0.2) is 5.78 Å². The molecule has 164 valence electrons. The Morgan fingerprint density at radius 3 is 2.12 bits per heavy atom. The summed E-state index contributed by atoms with van der Waals surface area (Å²) in [6, 6.07) is 29.0. The van der Waals surface area contributed by atoms with Crippen LogP contribution < -0.4 is 10.6 Å². The summed E-state index contributed by atoms with van der Waals surface area (Å²) in [4.78, 5) is 29.0. The first-order valence-corrected chi connectivity index (χ1v) is 10.8. The van der Waals surface area contributed by atoms with Gasteiger partial charge in [-0.3, -0.25) is 9.78 Å². The van der Waals surface area contributed by atoms with Crippen LogP contribution in [0.25, 0.3) is 11.1 Å². The molecule has 0 aliphatic heterocycles. The van der Waals surface area contributed by atoms with Crippen LogP contribution in [-0.4, -0.2) is 16.8 Å². The zero-order valence-electron chi connectivity index (χ0n) is 18.2. The molecule has 0 aliphatic carbocycles. The third-order valence-electron chi connectivity index (χ3n) is 5.36. The van der Waals surface area contributed by atoms with Crippen molar-refractivity contribution in [1.29, 1.82) is 0 Å². The summed E-state index contributed by atoms with van der Waals surface area (Å²) in [5, 5.41) is 5.63.